The molecule has 7 nitrogen and oxygen atoms in total. The molecule has 0 aliphatic carbocycles. The smallest absolute Gasteiger partial charge is 0.337 e. The fraction of sp³-hybridized carbons (Fsp3) is 0.143. The number of benzene rings is 1. The number of nitrogens with one attached hydrogen (secondary N) is 1. The van der Waals surface area contributed by atoms with Crippen LogP contribution in [-0.2, 0) is 6.42 Å². The standard InChI is InChI=1S/C14H11F2N5O2/c1-17-12-4-5-20-14(18-12)13(21(22)23)11(19-20)7-8-6-9(15)2-3-10(8)16/h2-6H,7H2,1H3,(H,17,18). The van der Waals surface area contributed by atoms with Gasteiger partial charge in [-0.25, -0.2) is 18.3 Å². The van der Waals surface area contributed by atoms with Gasteiger partial charge in [0.05, 0.1) is 4.92 Å². The van der Waals surface area contributed by atoms with Crippen molar-refractivity contribution in [1.82, 2.24) is 14.6 Å². The zero-order valence-corrected chi connectivity index (χ0v) is 12.0. The number of hydrogen-bond acceptors (Lipinski definition) is 5. The Kier molecular flexibility index (Phi) is 3.61. The Bertz CT molecular complexity index is 910. The zero-order valence-electron chi connectivity index (χ0n) is 12.0. The van der Waals surface area contributed by atoms with Crippen LogP contribution in [0, 0.1) is 21.7 Å². The molecular formula is C14H11F2N5O2. The van der Waals surface area contributed by atoms with Crippen molar-refractivity contribution in [2.45, 2.75) is 6.42 Å². The summed E-state index contributed by atoms with van der Waals surface area (Å²) in [4.78, 5) is 14.8. The number of anilines is 1. The van der Waals surface area contributed by atoms with E-state index in [0.717, 1.165) is 18.2 Å². The molecule has 0 aliphatic rings. The van der Waals surface area contributed by atoms with Crippen LogP contribution in [0.3, 0.4) is 0 Å². The van der Waals surface area contributed by atoms with E-state index in [1.54, 1.807) is 13.1 Å². The monoisotopic (exact) mass is 319 g/mol. The number of hydrogen-bond donors (Lipinski definition) is 1. The van der Waals surface area contributed by atoms with Gasteiger partial charge < -0.3 is 5.32 Å². The molecular weight excluding hydrogens is 308 g/mol. The highest BCUT2D eigenvalue weighted by Gasteiger charge is 2.26. The lowest BCUT2D eigenvalue weighted by molar-refractivity contribution is -0.384. The van der Waals surface area contributed by atoms with E-state index in [9.17, 15) is 18.9 Å². The molecule has 2 aromatic heterocycles. The third kappa shape index (κ3) is 2.68. The van der Waals surface area contributed by atoms with Crippen LogP contribution in [0.2, 0.25) is 0 Å². The highest BCUT2D eigenvalue weighted by atomic mass is 19.1. The van der Waals surface area contributed by atoms with E-state index in [4.69, 9.17) is 0 Å². The number of aromatic nitrogens is 3. The zero-order chi connectivity index (χ0) is 16.6. The molecule has 3 rings (SSSR count). The van der Waals surface area contributed by atoms with Crippen LogP contribution in [0.15, 0.2) is 30.5 Å². The topological polar surface area (TPSA) is 85.4 Å². The van der Waals surface area contributed by atoms with Crippen molar-refractivity contribution >= 4 is 17.2 Å². The second kappa shape index (κ2) is 5.59. The molecule has 0 bridgehead atoms. The molecule has 0 unspecified atom stereocenters. The summed E-state index contributed by atoms with van der Waals surface area (Å²) in [5.74, 6) is -0.839. The lowest BCUT2D eigenvalue weighted by atomic mass is 10.1. The van der Waals surface area contributed by atoms with Crippen LogP contribution >= 0.6 is 0 Å². The Labute approximate surface area is 128 Å². The molecule has 0 spiro atoms. The van der Waals surface area contributed by atoms with Crippen molar-refractivity contribution in [1.29, 1.82) is 0 Å². The molecule has 0 radical (unpaired) electrons. The Morgan fingerprint density at radius 2 is 2.13 bits per heavy atom. The van der Waals surface area contributed by atoms with Crippen LogP contribution in [-0.4, -0.2) is 26.6 Å². The summed E-state index contributed by atoms with van der Waals surface area (Å²) in [5.41, 5.74) is -0.287. The first-order chi connectivity index (χ1) is 11.0. The van der Waals surface area contributed by atoms with Crippen LogP contribution in [0.4, 0.5) is 20.3 Å². The summed E-state index contributed by atoms with van der Waals surface area (Å²) in [6.07, 6.45) is 1.30. The maximum Gasteiger partial charge on any atom is 0.337 e. The first-order valence-electron chi connectivity index (χ1n) is 6.64. The normalized spacial score (nSPS) is 10.9. The molecule has 3 aromatic rings. The first-order valence-corrected chi connectivity index (χ1v) is 6.64. The van der Waals surface area contributed by atoms with Gasteiger partial charge in [-0.2, -0.15) is 5.10 Å². The van der Waals surface area contributed by atoms with Gasteiger partial charge in [0.2, 0.25) is 5.65 Å². The van der Waals surface area contributed by atoms with Gasteiger partial charge in [0, 0.05) is 19.7 Å². The van der Waals surface area contributed by atoms with Gasteiger partial charge in [0.25, 0.3) is 0 Å². The summed E-state index contributed by atoms with van der Waals surface area (Å²) in [6, 6.07) is 4.55. The number of halogens is 2. The van der Waals surface area contributed by atoms with E-state index in [1.807, 2.05) is 0 Å². The molecule has 0 fully saturated rings. The van der Waals surface area contributed by atoms with E-state index in [0.29, 0.717) is 5.82 Å². The minimum atomic E-state index is -0.651. The quantitative estimate of drug-likeness (QED) is 0.590. The average molecular weight is 319 g/mol. The van der Waals surface area contributed by atoms with Crippen LogP contribution in [0.1, 0.15) is 11.3 Å². The van der Waals surface area contributed by atoms with E-state index >= 15 is 0 Å². The third-order valence-corrected chi connectivity index (χ3v) is 3.33. The summed E-state index contributed by atoms with van der Waals surface area (Å²) in [5, 5.41) is 18.2. The van der Waals surface area contributed by atoms with Gasteiger partial charge in [-0.15, -0.1) is 0 Å². The molecule has 0 saturated carbocycles. The molecule has 2 heterocycles. The Balaban J connectivity index is 2.15. The van der Waals surface area contributed by atoms with Crippen LogP contribution in [0.5, 0.6) is 0 Å². The Hall–Kier alpha value is -3.10. The molecule has 9 heteroatoms. The van der Waals surface area contributed by atoms with Gasteiger partial charge >= 0.3 is 5.69 Å². The minimum Gasteiger partial charge on any atom is -0.373 e. The Morgan fingerprint density at radius 1 is 1.35 bits per heavy atom. The molecule has 0 saturated heterocycles. The van der Waals surface area contributed by atoms with E-state index in [-0.39, 0.29) is 29.0 Å². The molecule has 0 atom stereocenters. The molecule has 118 valence electrons. The van der Waals surface area contributed by atoms with Gasteiger partial charge in [-0.05, 0) is 29.8 Å². The molecule has 0 aliphatic heterocycles. The fourth-order valence-electron chi connectivity index (χ4n) is 2.27. The van der Waals surface area contributed by atoms with E-state index in [1.165, 1.54) is 10.7 Å². The summed E-state index contributed by atoms with van der Waals surface area (Å²) < 4.78 is 28.3. The average Bonchev–Trinajstić information content (AvgIpc) is 2.87. The predicted molar refractivity (Wildman–Crippen MR) is 78.4 cm³/mol. The second-order valence-corrected chi connectivity index (χ2v) is 4.80. The first kappa shape index (κ1) is 14.8. The van der Waals surface area contributed by atoms with Crippen LogP contribution < -0.4 is 5.32 Å². The number of nitrogens with zero attached hydrogens (tertiary/aromatic N) is 4. The van der Waals surface area contributed by atoms with E-state index < -0.39 is 16.6 Å². The largest absolute Gasteiger partial charge is 0.373 e. The minimum absolute atomic E-state index is 0.00894. The third-order valence-electron chi connectivity index (χ3n) is 3.33. The van der Waals surface area contributed by atoms with Crippen molar-refractivity contribution < 1.29 is 13.7 Å². The number of nitro groups is 1. The summed E-state index contributed by atoms with van der Waals surface area (Å²) in [7, 11) is 1.63. The van der Waals surface area contributed by atoms with Gasteiger partial charge in [0.1, 0.15) is 23.1 Å². The molecule has 1 aromatic carbocycles. The molecule has 1 N–H and O–H groups in total. The van der Waals surface area contributed by atoms with Crippen molar-refractivity contribution in [2.24, 2.45) is 0 Å². The molecule has 23 heavy (non-hydrogen) atoms. The van der Waals surface area contributed by atoms with Crippen molar-refractivity contribution in [2.75, 3.05) is 12.4 Å². The maximum absolute atomic E-state index is 13.8. The van der Waals surface area contributed by atoms with Crippen LogP contribution in [0.25, 0.3) is 5.65 Å². The van der Waals surface area contributed by atoms with Gasteiger partial charge in [-0.1, -0.05) is 0 Å². The Morgan fingerprint density at radius 3 is 2.83 bits per heavy atom. The highest BCUT2D eigenvalue weighted by Crippen LogP contribution is 2.27. The SMILES string of the molecule is CNc1ccn2nc(Cc3cc(F)ccc3F)c([N+](=O)[O-])c2n1. The number of rotatable bonds is 4. The highest BCUT2D eigenvalue weighted by molar-refractivity contribution is 5.65. The fourth-order valence-corrected chi connectivity index (χ4v) is 2.27. The van der Waals surface area contributed by atoms with Crippen molar-refractivity contribution in [3.8, 4) is 0 Å². The lowest BCUT2D eigenvalue weighted by Gasteiger charge is -2.00. The van der Waals surface area contributed by atoms with E-state index in [2.05, 4.69) is 15.4 Å². The summed E-state index contributed by atoms with van der Waals surface area (Å²) >= 11 is 0. The summed E-state index contributed by atoms with van der Waals surface area (Å²) in [6.45, 7) is 0. The second-order valence-electron chi connectivity index (χ2n) is 4.80. The predicted octanol–water partition coefficient (Wildman–Crippen LogP) is 2.55. The lowest BCUT2D eigenvalue weighted by Crippen LogP contribution is -1.98. The van der Waals surface area contributed by atoms with Crippen molar-refractivity contribution in [3.63, 3.8) is 0 Å². The maximum atomic E-state index is 13.8. The molecule has 0 amide bonds. The van der Waals surface area contributed by atoms with Crippen molar-refractivity contribution in [3.05, 3.63) is 63.5 Å². The number of fused-ring (bicyclic) bond motifs is 1. The van der Waals surface area contributed by atoms with Gasteiger partial charge in [0.15, 0.2) is 0 Å². The van der Waals surface area contributed by atoms with Gasteiger partial charge in [-0.3, -0.25) is 10.1 Å².